The monoisotopic (exact) mass is 305 g/mol. The predicted molar refractivity (Wildman–Crippen MR) is 69.9 cm³/mol. The Hall–Kier alpha value is -1.60. The molecular formula is C12H11ClF3N3O. The second-order valence-corrected chi connectivity index (χ2v) is 4.29. The van der Waals surface area contributed by atoms with E-state index in [0.717, 1.165) is 5.39 Å². The van der Waals surface area contributed by atoms with E-state index in [4.69, 9.17) is 11.6 Å². The fourth-order valence-electron chi connectivity index (χ4n) is 1.61. The first kappa shape index (κ1) is 14.8. The van der Waals surface area contributed by atoms with Gasteiger partial charge in [0, 0.05) is 11.9 Å². The smallest absolute Gasteiger partial charge is 0.370 e. The minimum atomic E-state index is -4.31. The van der Waals surface area contributed by atoms with Gasteiger partial charge in [-0.05, 0) is 23.7 Å². The molecule has 0 amide bonds. The van der Waals surface area contributed by atoms with Crippen molar-refractivity contribution in [3.05, 3.63) is 29.5 Å². The number of nitrogens with one attached hydrogen (secondary N) is 1. The first-order valence-electron chi connectivity index (χ1n) is 5.76. The van der Waals surface area contributed by atoms with Crippen molar-refractivity contribution in [2.24, 2.45) is 0 Å². The number of fused-ring (bicyclic) bond motifs is 1. The lowest BCUT2D eigenvalue weighted by Crippen LogP contribution is -2.20. The molecule has 0 unspecified atom stereocenters. The standard InChI is InChI=1S/C12H11ClF3N3O/c13-11-18-9-4-2-1-3-8(9)10(19-11)17-5-6-20-7-12(14,15)16/h1-4H,5-7H2,(H,17,18,19). The van der Waals surface area contributed by atoms with Crippen LogP contribution in [0.1, 0.15) is 0 Å². The Balaban J connectivity index is 1.96. The zero-order valence-electron chi connectivity index (χ0n) is 10.2. The summed E-state index contributed by atoms with van der Waals surface area (Å²) in [4.78, 5) is 8.06. The molecule has 0 bridgehead atoms. The minimum Gasteiger partial charge on any atom is -0.370 e. The highest BCUT2D eigenvalue weighted by Crippen LogP contribution is 2.21. The molecule has 8 heteroatoms. The highest BCUT2D eigenvalue weighted by atomic mass is 35.5. The maximum atomic E-state index is 11.9. The number of rotatable bonds is 5. The van der Waals surface area contributed by atoms with Gasteiger partial charge in [-0.2, -0.15) is 13.2 Å². The second-order valence-electron chi connectivity index (χ2n) is 3.95. The molecule has 0 saturated heterocycles. The molecule has 0 atom stereocenters. The molecule has 0 aliphatic heterocycles. The number of halogens is 4. The summed E-state index contributed by atoms with van der Waals surface area (Å²) in [6, 6.07) is 7.19. The first-order valence-corrected chi connectivity index (χ1v) is 6.14. The van der Waals surface area contributed by atoms with Crippen LogP contribution < -0.4 is 5.32 Å². The van der Waals surface area contributed by atoms with Gasteiger partial charge in [0.05, 0.1) is 12.1 Å². The van der Waals surface area contributed by atoms with Crippen LogP contribution in [-0.4, -0.2) is 35.9 Å². The fourth-order valence-corrected chi connectivity index (χ4v) is 1.79. The molecule has 0 radical (unpaired) electrons. The van der Waals surface area contributed by atoms with Gasteiger partial charge in [-0.3, -0.25) is 0 Å². The van der Waals surface area contributed by atoms with Crippen LogP contribution in [0, 0.1) is 0 Å². The maximum Gasteiger partial charge on any atom is 0.411 e. The molecule has 0 aliphatic rings. The third-order valence-corrected chi connectivity index (χ3v) is 2.55. The number of hydrogen-bond donors (Lipinski definition) is 1. The Morgan fingerprint density at radius 1 is 1.20 bits per heavy atom. The summed E-state index contributed by atoms with van der Waals surface area (Å²) in [5.74, 6) is 0.469. The number of hydrogen-bond acceptors (Lipinski definition) is 4. The van der Waals surface area contributed by atoms with Gasteiger partial charge in [-0.25, -0.2) is 9.97 Å². The lowest BCUT2D eigenvalue weighted by molar-refractivity contribution is -0.172. The molecule has 2 rings (SSSR count). The number of ether oxygens (including phenoxy) is 1. The quantitative estimate of drug-likeness (QED) is 0.680. The van der Waals surface area contributed by atoms with Crippen LogP contribution in [0.15, 0.2) is 24.3 Å². The predicted octanol–water partition coefficient (Wildman–Crippen LogP) is 3.27. The van der Waals surface area contributed by atoms with Crippen molar-refractivity contribution in [3.63, 3.8) is 0 Å². The van der Waals surface area contributed by atoms with Gasteiger partial charge in [0.15, 0.2) is 0 Å². The maximum absolute atomic E-state index is 11.9. The molecule has 1 aromatic heterocycles. The summed E-state index contributed by atoms with van der Waals surface area (Å²) in [6.45, 7) is -1.16. The van der Waals surface area contributed by atoms with E-state index >= 15 is 0 Å². The van der Waals surface area contributed by atoms with Gasteiger partial charge in [0.2, 0.25) is 5.28 Å². The van der Waals surface area contributed by atoms with Crippen molar-refractivity contribution in [1.82, 2.24) is 9.97 Å². The van der Waals surface area contributed by atoms with Crippen molar-refractivity contribution in [2.75, 3.05) is 25.1 Å². The highest BCUT2D eigenvalue weighted by Gasteiger charge is 2.27. The zero-order valence-corrected chi connectivity index (χ0v) is 11.0. The van der Waals surface area contributed by atoms with Gasteiger partial charge < -0.3 is 10.1 Å². The number of benzene rings is 1. The lowest BCUT2D eigenvalue weighted by atomic mass is 10.2. The number of alkyl halides is 3. The second kappa shape index (κ2) is 6.23. The molecule has 0 spiro atoms. The summed E-state index contributed by atoms with van der Waals surface area (Å²) in [6.07, 6.45) is -4.31. The molecule has 0 fully saturated rings. The van der Waals surface area contributed by atoms with Gasteiger partial charge in [-0.1, -0.05) is 12.1 Å². The Morgan fingerprint density at radius 2 is 1.95 bits per heavy atom. The molecule has 1 N–H and O–H groups in total. The number of para-hydroxylation sites is 1. The van der Waals surface area contributed by atoms with Crippen LogP contribution in [0.2, 0.25) is 5.28 Å². The van der Waals surface area contributed by atoms with E-state index in [2.05, 4.69) is 20.0 Å². The van der Waals surface area contributed by atoms with Gasteiger partial charge in [-0.15, -0.1) is 0 Å². The molecule has 1 aromatic carbocycles. The first-order chi connectivity index (χ1) is 9.46. The minimum absolute atomic E-state index is 0.0717. The van der Waals surface area contributed by atoms with E-state index in [-0.39, 0.29) is 18.4 Å². The molecule has 0 saturated carbocycles. The van der Waals surface area contributed by atoms with Gasteiger partial charge in [0.25, 0.3) is 0 Å². The summed E-state index contributed by atoms with van der Waals surface area (Å²) >= 11 is 5.78. The van der Waals surface area contributed by atoms with Crippen molar-refractivity contribution in [3.8, 4) is 0 Å². The van der Waals surface area contributed by atoms with Crippen LogP contribution in [0.5, 0.6) is 0 Å². The summed E-state index contributed by atoms with van der Waals surface area (Å²) in [7, 11) is 0. The fraction of sp³-hybridized carbons (Fsp3) is 0.333. The zero-order chi connectivity index (χ0) is 14.6. The highest BCUT2D eigenvalue weighted by molar-refractivity contribution is 6.28. The van der Waals surface area contributed by atoms with Crippen LogP contribution in [0.4, 0.5) is 19.0 Å². The molecule has 2 aromatic rings. The van der Waals surface area contributed by atoms with E-state index in [0.29, 0.717) is 11.3 Å². The Kier molecular flexibility index (Phi) is 4.61. The van der Waals surface area contributed by atoms with Crippen LogP contribution in [0.3, 0.4) is 0 Å². The number of aromatic nitrogens is 2. The summed E-state index contributed by atoms with van der Waals surface area (Å²) in [5, 5.41) is 3.70. The summed E-state index contributed by atoms with van der Waals surface area (Å²) < 4.78 is 40.1. The Morgan fingerprint density at radius 3 is 2.70 bits per heavy atom. The average Bonchev–Trinajstić information content (AvgIpc) is 2.36. The van der Waals surface area contributed by atoms with Crippen molar-refractivity contribution < 1.29 is 17.9 Å². The largest absolute Gasteiger partial charge is 0.411 e. The third-order valence-electron chi connectivity index (χ3n) is 2.38. The third kappa shape index (κ3) is 4.21. The van der Waals surface area contributed by atoms with Gasteiger partial charge >= 0.3 is 6.18 Å². The van der Waals surface area contributed by atoms with Gasteiger partial charge in [0.1, 0.15) is 12.4 Å². The molecule has 1 heterocycles. The van der Waals surface area contributed by atoms with Crippen LogP contribution in [0.25, 0.3) is 10.9 Å². The van der Waals surface area contributed by atoms with E-state index in [9.17, 15) is 13.2 Å². The SMILES string of the molecule is FC(F)(F)COCCNc1nc(Cl)nc2ccccc12. The van der Waals surface area contributed by atoms with Crippen molar-refractivity contribution in [2.45, 2.75) is 6.18 Å². The molecule has 108 valence electrons. The van der Waals surface area contributed by atoms with E-state index in [1.54, 1.807) is 12.1 Å². The average molecular weight is 306 g/mol. The van der Waals surface area contributed by atoms with Crippen LogP contribution in [-0.2, 0) is 4.74 Å². The molecule has 0 aliphatic carbocycles. The molecule has 4 nitrogen and oxygen atoms in total. The van der Waals surface area contributed by atoms with E-state index < -0.39 is 12.8 Å². The molecule has 20 heavy (non-hydrogen) atoms. The topological polar surface area (TPSA) is 47.0 Å². The van der Waals surface area contributed by atoms with Crippen molar-refractivity contribution >= 4 is 28.3 Å². The lowest BCUT2D eigenvalue weighted by Gasteiger charge is -2.10. The number of nitrogens with zero attached hydrogens (tertiary/aromatic N) is 2. The summed E-state index contributed by atoms with van der Waals surface area (Å²) in [5.41, 5.74) is 0.659. The van der Waals surface area contributed by atoms with Crippen molar-refractivity contribution in [1.29, 1.82) is 0 Å². The molecular weight excluding hydrogens is 295 g/mol. The van der Waals surface area contributed by atoms with E-state index in [1.165, 1.54) is 0 Å². The van der Waals surface area contributed by atoms with Crippen LogP contribution >= 0.6 is 11.6 Å². The van der Waals surface area contributed by atoms with E-state index in [1.807, 2.05) is 12.1 Å². The number of anilines is 1. The Bertz CT molecular complexity index is 592. The Labute approximate surface area is 117 Å². The normalized spacial score (nSPS) is 11.8.